The largest absolute Gasteiger partial charge is 0.387 e. The SMILES string of the molecule is CC(CSc1ccc(Cl)c(Cl)c1)C(=N)N. The van der Waals surface area contributed by atoms with Gasteiger partial charge in [0.15, 0.2) is 0 Å². The van der Waals surface area contributed by atoms with E-state index >= 15 is 0 Å². The number of hydrogen-bond donors (Lipinski definition) is 2. The molecular formula is C10H12Cl2N2S. The number of amidine groups is 1. The zero-order valence-electron chi connectivity index (χ0n) is 8.26. The molecule has 0 aliphatic rings. The number of hydrogen-bond acceptors (Lipinski definition) is 2. The minimum atomic E-state index is 0.0736. The highest BCUT2D eigenvalue weighted by atomic mass is 35.5. The van der Waals surface area contributed by atoms with E-state index in [0.717, 1.165) is 10.6 Å². The van der Waals surface area contributed by atoms with Crippen molar-refractivity contribution in [2.24, 2.45) is 11.7 Å². The van der Waals surface area contributed by atoms with Gasteiger partial charge in [0.2, 0.25) is 0 Å². The molecule has 0 bridgehead atoms. The molecule has 1 aromatic carbocycles. The lowest BCUT2D eigenvalue weighted by Gasteiger charge is -2.09. The van der Waals surface area contributed by atoms with Gasteiger partial charge in [-0.2, -0.15) is 0 Å². The molecule has 82 valence electrons. The van der Waals surface area contributed by atoms with Gasteiger partial charge in [-0.15, -0.1) is 11.8 Å². The maximum atomic E-state index is 7.26. The molecular weight excluding hydrogens is 251 g/mol. The summed E-state index contributed by atoms with van der Waals surface area (Å²) in [5, 5.41) is 8.37. The van der Waals surface area contributed by atoms with Crippen molar-refractivity contribution in [1.82, 2.24) is 0 Å². The summed E-state index contributed by atoms with van der Waals surface area (Å²) in [7, 11) is 0. The summed E-state index contributed by atoms with van der Waals surface area (Å²) in [6, 6.07) is 5.50. The van der Waals surface area contributed by atoms with Crippen LogP contribution in [0.2, 0.25) is 10.0 Å². The fourth-order valence-electron chi connectivity index (χ4n) is 0.878. The van der Waals surface area contributed by atoms with Crippen molar-refractivity contribution in [2.75, 3.05) is 5.75 Å². The second-order valence-corrected chi connectivity index (χ2v) is 5.15. The Hall–Kier alpha value is -0.380. The fraction of sp³-hybridized carbons (Fsp3) is 0.300. The molecule has 0 saturated carbocycles. The number of rotatable bonds is 4. The topological polar surface area (TPSA) is 49.9 Å². The summed E-state index contributed by atoms with van der Waals surface area (Å²) in [5.74, 6) is 1.06. The second kappa shape index (κ2) is 5.64. The fourth-order valence-corrected chi connectivity index (χ4v) is 2.23. The minimum absolute atomic E-state index is 0.0736. The van der Waals surface area contributed by atoms with Gasteiger partial charge in [0.25, 0.3) is 0 Å². The van der Waals surface area contributed by atoms with Crippen LogP contribution >= 0.6 is 35.0 Å². The molecule has 0 fully saturated rings. The average molecular weight is 263 g/mol. The summed E-state index contributed by atoms with van der Waals surface area (Å²) in [6.45, 7) is 1.92. The number of halogens is 2. The molecule has 0 radical (unpaired) electrons. The molecule has 1 atom stereocenters. The lowest BCUT2D eigenvalue weighted by Crippen LogP contribution is -2.21. The monoisotopic (exact) mass is 262 g/mol. The van der Waals surface area contributed by atoms with E-state index < -0.39 is 0 Å². The van der Waals surface area contributed by atoms with E-state index in [1.807, 2.05) is 19.1 Å². The standard InChI is InChI=1S/C10H12Cl2N2S/c1-6(10(13)14)5-15-7-2-3-8(11)9(12)4-7/h2-4,6H,5H2,1H3,(H3,13,14). The van der Waals surface area contributed by atoms with Crippen molar-refractivity contribution in [3.8, 4) is 0 Å². The van der Waals surface area contributed by atoms with Crippen LogP contribution < -0.4 is 5.73 Å². The van der Waals surface area contributed by atoms with Crippen molar-refractivity contribution < 1.29 is 0 Å². The van der Waals surface area contributed by atoms with Crippen LogP contribution in [0, 0.1) is 11.3 Å². The zero-order chi connectivity index (χ0) is 11.4. The molecule has 0 aromatic heterocycles. The van der Waals surface area contributed by atoms with Crippen molar-refractivity contribution in [1.29, 1.82) is 5.41 Å². The smallest absolute Gasteiger partial charge is 0.0942 e. The van der Waals surface area contributed by atoms with E-state index in [-0.39, 0.29) is 11.8 Å². The van der Waals surface area contributed by atoms with Gasteiger partial charge in [-0.3, -0.25) is 5.41 Å². The van der Waals surface area contributed by atoms with Crippen LogP contribution in [0.15, 0.2) is 23.1 Å². The van der Waals surface area contributed by atoms with Crippen LogP contribution in [0.5, 0.6) is 0 Å². The highest BCUT2D eigenvalue weighted by Gasteiger charge is 2.06. The molecule has 0 amide bonds. The molecule has 15 heavy (non-hydrogen) atoms. The maximum Gasteiger partial charge on any atom is 0.0942 e. The Balaban J connectivity index is 2.58. The first-order chi connectivity index (χ1) is 7.00. The Morgan fingerprint density at radius 3 is 2.67 bits per heavy atom. The van der Waals surface area contributed by atoms with Crippen LogP contribution in [-0.2, 0) is 0 Å². The molecule has 5 heteroatoms. The Bertz CT molecular complexity index is 368. The highest BCUT2D eigenvalue weighted by Crippen LogP contribution is 2.28. The third-order valence-electron chi connectivity index (χ3n) is 1.92. The molecule has 1 aromatic rings. The first kappa shape index (κ1) is 12.7. The van der Waals surface area contributed by atoms with Gasteiger partial charge >= 0.3 is 0 Å². The molecule has 1 unspecified atom stereocenters. The van der Waals surface area contributed by atoms with E-state index in [1.165, 1.54) is 0 Å². The summed E-state index contributed by atoms with van der Waals surface area (Å²) >= 11 is 13.3. The van der Waals surface area contributed by atoms with E-state index in [1.54, 1.807) is 17.8 Å². The van der Waals surface area contributed by atoms with Crippen LogP contribution in [0.25, 0.3) is 0 Å². The van der Waals surface area contributed by atoms with Gasteiger partial charge in [-0.25, -0.2) is 0 Å². The lowest BCUT2D eigenvalue weighted by molar-refractivity contribution is 0.879. The van der Waals surface area contributed by atoms with Gasteiger partial charge < -0.3 is 5.73 Å². The Morgan fingerprint density at radius 1 is 1.47 bits per heavy atom. The van der Waals surface area contributed by atoms with Gasteiger partial charge in [0, 0.05) is 16.6 Å². The van der Waals surface area contributed by atoms with Crippen molar-refractivity contribution >= 4 is 40.8 Å². The molecule has 0 saturated heterocycles. The Labute approximate surface area is 104 Å². The van der Waals surface area contributed by atoms with E-state index in [9.17, 15) is 0 Å². The second-order valence-electron chi connectivity index (χ2n) is 3.24. The van der Waals surface area contributed by atoms with E-state index in [2.05, 4.69) is 0 Å². The molecule has 0 heterocycles. The lowest BCUT2D eigenvalue weighted by atomic mass is 10.2. The van der Waals surface area contributed by atoms with Gasteiger partial charge in [-0.1, -0.05) is 30.1 Å². The molecule has 3 N–H and O–H groups in total. The predicted molar refractivity (Wildman–Crippen MR) is 68.3 cm³/mol. The van der Waals surface area contributed by atoms with Crippen molar-refractivity contribution in [3.63, 3.8) is 0 Å². The number of nitrogens with two attached hydrogens (primary N) is 1. The summed E-state index contributed by atoms with van der Waals surface area (Å²) in [5.41, 5.74) is 5.38. The summed E-state index contributed by atoms with van der Waals surface area (Å²) in [4.78, 5) is 1.04. The molecule has 0 aliphatic heterocycles. The Kier molecular flexibility index (Phi) is 4.77. The number of benzene rings is 1. The third-order valence-corrected chi connectivity index (χ3v) is 3.91. The zero-order valence-corrected chi connectivity index (χ0v) is 10.6. The highest BCUT2D eigenvalue weighted by molar-refractivity contribution is 7.99. The normalized spacial score (nSPS) is 12.5. The minimum Gasteiger partial charge on any atom is -0.387 e. The van der Waals surface area contributed by atoms with Gasteiger partial charge in [0.1, 0.15) is 0 Å². The quantitative estimate of drug-likeness (QED) is 0.495. The summed E-state index contributed by atoms with van der Waals surface area (Å²) < 4.78 is 0. The maximum absolute atomic E-state index is 7.26. The average Bonchev–Trinajstić information content (AvgIpc) is 2.19. The van der Waals surface area contributed by atoms with Crippen LogP contribution in [0.4, 0.5) is 0 Å². The van der Waals surface area contributed by atoms with Gasteiger partial charge in [0.05, 0.1) is 15.9 Å². The molecule has 2 nitrogen and oxygen atoms in total. The summed E-state index contributed by atoms with van der Waals surface area (Å²) in [6.07, 6.45) is 0. The third kappa shape index (κ3) is 3.93. The van der Waals surface area contributed by atoms with Crippen LogP contribution in [0.3, 0.4) is 0 Å². The predicted octanol–water partition coefficient (Wildman–Crippen LogP) is 3.66. The van der Waals surface area contributed by atoms with E-state index in [0.29, 0.717) is 10.0 Å². The first-order valence-electron chi connectivity index (χ1n) is 4.42. The number of nitrogens with one attached hydrogen (secondary N) is 1. The number of thioether (sulfide) groups is 1. The van der Waals surface area contributed by atoms with Crippen LogP contribution in [0.1, 0.15) is 6.92 Å². The van der Waals surface area contributed by atoms with Crippen molar-refractivity contribution in [2.45, 2.75) is 11.8 Å². The first-order valence-corrected chi connectivity index (χ1v) is 6.16. The molecule has 0 spiro atoms. The molecule has 1 rings (SSSR count). The Morgan fingerprint density at radius 2 is 2.13 bits per heavy atom. The van der Waals surface area contributed by atoms with Gasteiger partial charge in [-0.05, 0) is 18.2 Å². The van der Waals surface area contributed by atoms with Crippen LogP contribution in [-0.4, -0.2) is 11.6 Å². The van der Waals surface area contributed by atoms with E-state index in [4.69, 9.17) is 34.3 Å². The van der Waals surface area contributed by atoms with Crippen molar-refractivity contribution in [3.05, 3.63) is 28.2 Å². The molecule has 0 aliphatic carbocycles.